The molecule has 7 rings (SSSR count). The van der Waals surface area contributed by atoms with Crippen LogP contribution in [0.5, 0.6) is 0 Å². The first-order chi connectivity index (χ1) is 22.3. The van der Waals surface area contributed by atoms with Crippen LogP contribution in [0.25, 0.3) is 10.9 Å². The maximum absolute atomic E-state index is 15.2. The van der Waals surface area contributed by atoms with Crippen LogP contribution in [0, 0.1) is 6.92 Å². The molecule has 0 bridgehead atoms. The Kier molecular flexibility index (Phi) is 8.40. The van der Waals surface area contributed by atoms with Gasteiger partial charge < -0.3 is 19.7 Å². The van der Waals surface area contributed by atoms with Crippen molar-refractivity contribution in [1.82, 2.24) is 24.8 Å². The van der Waals surface area contributed by atoms with E-state index in [9.17, 15) is 4.79 Å². The van der Waals surface area contributed by atoms with Crippen LogP contribution >= 0.6 is 35.0 Å². The van der Waals surface area contributed by atoms with E-state index in [0.717, 1.165) is 38.3 Å². The third kappa shape index (κ3) is 5.83. The molecule has 2 atom stereocenters. The van der Waals surface area contributed by atoms with E-state index in [0.29, 0.717) is 42.8 Å². The van der Waals surface area contributed by atoms with Gasteiger partial charge in [0.1, 0.15) is 10.6 Å². The van der Waals surface area contributed by atoms with Gasteiger partial charge in [-0.2, -0.15) is 0 Å². The molecule has 0 radical (unpaired) electrons. The molecular weight excluding hydrogens is 639 g/mol. The van der Waals surface area contributed by atoms with Crippen molar-refractivity contribution in [1.29, 1.82) is 0 Å². The lowest BCUT2D eigenvalue weighted by atomic mass is 9.90. The fourth-order valence-electron chi connectivity index (χ4n) is 6.56. The van der Waals surface area contributed by atoms with E-state index < -0.39 is 10.8 Å². The van der Waals surface area contributed by atoms with Crippen molar-refractivity contribution in [2.75, 3.05) is 31.1 Å². The number of benzene rings is 3. The van der Waals surface area contributed by atoms with Crippen molar-refractivity contribution in [3.8, 4) is 0 Å². The topological polar surface area (TPSA) is 85.4 Å². The first kappa shape index (κ1) is 30.6. The minimum absolute atomic E-state index is 0.0443. The molecule has 3 aromatic carbocycles. The van der Waals surface area contributed by atoms with Crippen molar-refractivity contribution in [2.45, 2.75) is 35.6 Å². The largest absolute Gasteiger partial charge is 0.361 e. The van der Waals surface area contributed by atoms with Crippen LogP contribution < -0.4 is 4.90 Å². The van der Waals surface area contributed by atoms with Crippen molar-refractivity contribution in [2.24, 2.45) is 0 Å². The number of rotatable bonds is 7. The Bertz CT molecular complexity index is 1880. The third-order valence-corrected chi connectivity index (χ3v) is 10.7. The number of fused-ring (bicyclic) bond motifs is 1. The van der Waals surface area contributed by atoms with Crippen LogP contribution in [0.1, 0.15) is 29.2 Å². The van der Waals surface area contributed by atoms with Gasteiger partial charge in [-0.1, -0.05) is 59.1 Å². The van der Waals surface area contributed by atoms with Gasteiger partial charge in [0.2, 0.25) is 11.8 Å². The summed E-state index contributed by atoms with van der Waals surface area (Å²) in [5.74, 6) is 0.672. The van der Waals surface area contributed by atoms with E-state index in [1.807, 2.05) is 89.7 Å². The number of hydrogen-bond acceptors (Lipinski definition) is 6. The molecule has 1 N–H and O–H groups in total. The number of piperazine rings is 1. The maximum atomic E-state index is 15.2. The Labute approximate surface area is 281 Å². The number of aryl methyl sites for hydroxylation is 1. The van der Waals surface area contributed by atoms with Crippen LogP contribution in [0.3, 0.4) is 0 Å². The molecule has 2 aliphatic heterocycles. The SMILES string of the molecule is Cc1ccc(S[C@@]2(C(=O)N3CCN(c4cnccn4)CC3)CC(=O)N(Cc3ccc(Cl)cc3)[C@H]2c2c[nH]c3cc(Cl)ccc23)cc1. The molecule has 2 saturated heterocycles. The Morgan fingerprint density at radius 2 is 1.72 bits per heavy atom. The number of carbonyl (C=O) groups is 2. The molecule has 0 saturated carbocycles. The van der Waals surface area contributed by atoms with Crippen LogP contribution in [0.4, 0.5) is 5.82 Å². The number of aromatic nitrogens is 3. The summed E-state index contributed by atoms with van der Waals surface area (Å²) in [7, 11) is 0. The lowest BCUT2D eigenvalue weighted by Crippen LogP contribution is -2.56. The number of anilines is 1. The smallest absolute Gasteiger partial charge is 0.242 e. The van der Waals surface area contributed by atoms with Crippen molar-refractivity contribution >= 4 is 63.5 Å². The summed E-state index contributed by atoms with van der Waals surface area (Å²) in [6.07, 6.45) is 7.07. The van der Waals surface area contributed by atoms with Gasteiger partial charge in [-0.25, -0.2) is 4.98 Å². The van der Waals surface area contributed by atoms with Crippen LogP contribution in [0.15, 0.2) is 96.4 Å². The van der Waals surface area contributed by atoms with E-state index in [-0.39, 0.29) is 18.2 Å². The highest BCUT2D eigenvalue weighted by atomic mass is 35.5. The second-order valence-corrected chi connectivity index (χ2v) is 14.1. The molecule has 11 heteroatoms. The molecule has 0 aliphatic carbocycles. The van der Waals surface area contributed by atoms with Gasteiger partial charge in [0, 0.05) is 82.7 Å². The van der Waals surface area contributed by atoms with Gasteiger partial charge >= 0.3 is 0 Å². The summed E-state index contributed by atoms with van der Waals surface area (Å²) in [5, 5.41) is 2.17. The van der Waals surface area contributed by atoms with Crippen molar-refractivity contribution < 1.29 is 9.59 Å². The fraction of sp³-hybridized carbons (Fsp3) is 0.257. The number of aromatic amines is 1. The Morgan fingerprint density at radius 1 is 0.978 bits per heavy atom. The Morgan fingerprint density at radius 3 is 2.43 bits per heavy atom. The molecule has 0 unspecified atom stereocenters. The number of nitrogens with zero attached hydrogens (tertiary/aromatic N) is 5. The predicted molar refractivity (Wildman–Crippen MR) is 183 cm³/mol. The van der Waals surface area contributed by atoms with Gasteiger partial charge in [-0.05, 0) is 48.9 Å². The van der Waals surface area contributed by atoms with Gasteiger partial charge in [-0.3, -0.25) is 14.6 Å². The lowest BCUT2D eigenvalue weighted by molar-refractivity contribution is -0.135. The maximum Gasteiger partial charge on any atom is 0.242 e. The number of thioether (sulfide) groups is 1. The minimum Gasteiger partial charge on any atom is -0.361 e. The average Bonchev–Trinajstić information content (AvgIpc) is 3.60. The molecule has 2 fully saturated rings. The second-order valence-electron chi connectivity index (χ2n) is 11.8. The van der Waals surface area contributed by atoms with Gasteiger partial charge in [-0.15, -0.1) is 11.8 Å². The number of nitrogens with one attached hydrogen (secondary N) is 1. The summed E-state index contributed by atoms with van der Waals surface area (Å²) in [5.41, 5.74) is 3.80. The molecule has 234 valence electrons. The Balaban J connectivity index is 1.33. The van der Waals surface area contributed by atoms with Gasteiger partial charge in [0.15, 0.2) is 0 Å². The molecule has 2 amide bonds. The van der Waals surface area contributed by atoms with E-state index >= 15 is 4.79 Å². The number of halogens is 2. The van der Waals surface area contributed by atoms with Crippen molar-refractivity contribution in [3.05, 3.63) is 118 Å². The molecule has 8 nitrogen and oxygen atoms in total. The van der Waals surface area contributed by atoms with E-state index in [1.165, 1.54) is 11.8 Å². The van der Waals surface area contributed by atoms with E-state index in [1.54, 1.807) is 18.6 Å². The normalized spacial score (nSPS) is 20.1. The average molecular weight is 672 g/mol. The summed E-state index contributed by atoms with van der Waals surface area (Å²) < 4.78 is -1.14. The highest BCUT2D eigenvalue weighted by molar-refractivity contribution is 8.01. The molecule has 5 aromatic rings. The van der Waals surface area contributed by atoms with E-state index in [4.69, 9.17) is 23.2 Å². The summed E-state index contributed by atoms with van der Waals surface area (Å²) in [6.45, 7) is 4.63. The summed E-state index contributed by atoms with van der Waals surface area (Å²) in [4.78, 5) is 48.4. The zero-order chi connectivity index (χ0) is 31.8. The lowest BCUT2D eigenvalue weighted by Gasteiger charge is -2.42. The number of likely N-dealkylation sites (tertiary alicyclic amines) is 1. The van der Waals surface area contributed by atoms with Gasteiger partial charge in [0.25, 0.3) is 0 Å². The number of amides is 2. The zero-order valence-electron chi connectivity index (χ0n) is 25.2. The molecule has 0 spiro atoms. The number of hydrogen-bond donors (Lipinski definition) is 1. The standard InChI is InChI=1S/C35H32Cl2N6O2S/c1-23-2-9-27(10-3-23)46-35(34(45)42-16-14-41(15-17-42)31-21-38-12-13-39-31)19-32(44)43(22-24-4-6-25(36)7-5-24)33(35)29-20-40-30-18-26(37)8-11-28(29)30/h2-13,18,20-21,33,40H,14-17,19,22H2,1H3/t33-,35-/m0/s1. The predicted octanol–water partition coefficient (Wildman–Crippen LogP) is 6.93. The van der Waals surface area contributed by atoms with Gasteiger partial charge in [0.05, 0.1) is 18.7 Å². The van der Waals surface area contributed by atoms with Crippen LogP contribution in [-0.4, -0.2) is 67.5 Å². The second kappa shape index (κ2) is 12.6. The molecule has 2 aromatic heterocycles. The van der Waals surface area contributed by atoms with E-state index in [2.05, 4.69) is 19.9 Å². The zero-order valence-corrected chi connectivity index (χ0v) is 27.5. The van der Waals surface area contributed by atoms with Crippen LogP contribution in [0.2, 0.25) is 10.0 Å². The summed E-state index contributed by atoms with van der Waals surface area (Å²) >= 11 is 14.1. The third-order valence-electron chi connectivity index (χ3n) is 8.85. The van der Waals surface area contributed by atoms with Crippen LogP contribution in [-0.2, 0) is 16.1 Å². The molecule has 2 aliphatic rings. The molecule has 4 heterocycles. The minimum atomic E-state index is -1.14. The highest BCUT2D eigenvalue weighted by Crippen LogP contribution is 2.55. The Hall–Kier alpha value is -4.05. The fourth-order valence-corrected chi connectivity index (χ4v) is 8.33. The monoisotopic (exact) mass is 670 g/mol. The number of H-pyrrole nitrogens is 1. The first-order valence-corrected chi connectivity index (χ1v) is 16.7. The van der Waals surface area contributed by atoms with Crippen molar-refractivity contribution in [3.63, 3.8) is 0 Å². The highest BCUT2D eigenvalue weighted by Gasteiger charge is 2.59. The quantitative estimate of drug-likeness (QED) is 0.202. The first-order valence-electron chi connectivity index (χ1n) is 15.2. The molecular formula is C35H32Cl2N6O2S. The summed E-state index contributed by atoms with van der Waals surface area (Å²) in [6, 6.07) is 20.8. The molecule has 46 heavy (non-hydrogen) atoms. The number of carbonyl (C=O) groups excluding carboxylic acids is 2.